The molecule has 0 unspecified atom stereocenters. The molecule has 1 aromatic heterocycles. The van der Waals surface area contributed by atoms with Crippen LogP contribution in [0.1, 0.15) is 31.4 Å². The normalized spacial score (nSPS) is 10.9. The van der Waals surface area contributed by atoms with Crippen LogP contribution in [0.4, 0.5) is 5.69 Å². The Bertz CT molecular complexity index is 646. The molecular formula is C19H29N5S. The maximum Gasteiger partial charge on any atom is 0.170 e. The van der Waals surface area contributed by atoms with Gasteiger partial charge in [-0.15, -0.1) is 0 Å². The standard InChI is InChI=1S/C19H29N5S/c1-4-23(5-2)12-6-11-20-19(25)22-18-13-21-24(15-18)14-17-9-7-16(3)8-10-17/h7-10,13,15H,4-6,11-12,14H2,1-3H3,(H2,20,22,25). The molecular weight excluding hydrogens is 330 g/mol. The summed E-state index contributed by atoms with van der Waals surface area (Å²) in [6.45, 7) is 11.4. The molecule has 0 saturated carbocycles. The van der Waals surface area contributed by atoms with E-state index in [9.17, 15) is 0 Å². The molecule has 2 rings (SSSR count). The summed E-state index contributed by atoms with van der Waals surface area (Å²) in [6, 6.07) is 8.50. The molecule has 2 N–H and O–H groups in total. The zero-order valence-corrected chi connectivity index (χ0v) is 16.3. The molecule has 0 fully saturated rings. The molecule has 0 aliphatic heterocycles. The summed E-state index contributed by atoms with van der Waals surface area (Å²) in [5, 5.41) is 11.5. The second-order valence-electron chi connectivity index (χ2n) is 6.17. The molecule has 0 spiro atoms. The quantitative estimate of drug-likeness (QED) is 0.531. The Morgan fingerprint density at radius 3 is 2.60 bits per heavy atom. The van der Waals surface area contributed by atoms with Crippen molar-refractivity contribution in [2.75, 3.05) is 31.5 Å². The van der Waals surface area contributed by atoms with Gasteiger partial charge >= 0.3 is 0 Å². The van der Waals surface area contributed by atoms with Gasteiger partial charge in [0.05, 0.1) is 18.4 Å². The van der Waals surface area contributed by atoms with Crippen LogP contribution in [0.25, 0.3) is 0 Å². The lowest BCUT2D eigenvalue weighted by atomic mass is 10.1. The van der Waals surface area contributed by atoms with Gasteiger partial charge in [0.1, 0.15) is 0 Å². The van der Waals surface area contributed by atoms with Gasteiger partial charge in [-0.2, -0.15) is 5.10 Å². The minimum absolute atomic E-state index is 0.648. The Kier molecular flexibility index (Phi) is 7.88. The fourth-order valence-corrected chi connectivity index (χ4v) is 2.83. The van der Waals surface area contributed by atoms with Crippen LogP contribution >= 0.6 is 12.2 Å². The molecule has 0 aliphatic rings. The minimum atomic E-state index is 0.648. The Morgan fingerprint density at radius 1 is 1.20 bits per heavy atom. The van der Waals surface area contributed by atoms with Gasteiger partial charge < -0.3 is 15.5 Å². The molecule has 5 nitrogen and oxygen atoms in total. The van der Waals surface area contributed by atoms with Gasteiger partial charge in [-0.05, 0) is 50.8 Å². The summed E-state index contributed by atoms with van der Waals surface area (Å²) in [6.07, 6.45) is 4.86. The highest BCUT2D eigenvalue weighted by Crippen LogP contribution is 2.09. The molecule has 0 radical (unpaired) electrons. The predicted octanol–water partition coefficient (Wildman–Crippen LogP) is 3.26. The van der Waals surface area contributed by atoms with E-state index in [4.69, 9.17) is 12.2 Å². The highest BCUT2D eigenvalue weighted by molar-refractivity contribution is 7.80. The van der Waals surface area contributed by atoms with Crippen LogP contribution in [-0.2, 0) is 6.54 Å². The topological polar surface area (TPSA) is 45.1 Å². The van der Waals surface area contributed by atoms with Crippen LogP contribution < -0.4 is 10.6 Å². The smallest absolute Gasteiger partial charge is 0.170 e. The molecule has 0 atom stereocenters. The zero-order valence-electron chi connectivity index (χ0n) is 15.5. The van der Waals surface area contributed by atoms with E-state index in [1.54, 1.807) is 6.20 Å². The van der Waals surface area contributed by atoms with E-state index in [1.807, 2.05) is 10.9 Å². The van der Waals surface area contributed by atoms with Crippen LogP contribution in [0, 0.1) is 6.92 Å². The maximum atomic E-state index is 5.35. The second kappa shape index (κ2) is 10.2. The fraction of sp³-hybridized carbons (Fsp3) is 0.474. The molecule has 0 aliphatic carbocycles. The van der Waals surface area contributed by atoms with Gasteiger partial charge in [0, 0.05) is 12.7 Å². The van der Waals surface area contributed by atoms with E-state index >= 15 is 0 Å². The molecule has 1 heterocycles. The van der Waals surface area contributed by atoms with Crippen molar-refractivity contribution in [2.45, 2.75) is 33.7 Å². The number of benzene rings is 1. The highest BCUT2D eigenvalue weighted by Gasteiger charge is 2.03. The number of nitrogens with zero attached hydrogens (tertiary/aromatic N) is 3. The first-order valence-corrected chi connectivity index (χ1v) is 9.36. The third kappa shape index (κ3) is 6.84. The van der Waals surface area contributed by atoms with E-state index in [2.05, 4.69) is 65.7 Å². The van der Waals surface area contributed by atoms with Crippen molar-refractivity contribution < 1.29 is 0 Å². The van der Waals surface area contributed by atoms with Crippen LogP contribution in [0.15, 0.2) is 36.7 Å². The molecule has 136 valence electrons. The zero-order chi connectivity index (χ0) is 18.1. The van der Waals surface area contributed by atoms with Crippen molar-refractivity contribution >= 4 is 23.0 Å². The first kappa shape index (κ1) is 19.4. The Balaban J connectivity index is 1.72. The van der Waals surface area contributed by atoms with E-state index in [-0.39, 0.29) is 0 Å². The number of anilines is 1. The summed E-state index contributed by atoms with van der Waals surface area (Å²) in [7, 11) is 0. The molecule has 25 heavy (non-hydrogen) atoms. The Morgan fingerprint density at radius 2 is 1.92 bits per heavy atom. The molecule has 0 saturated heterocycles. The van der Waals surface area contributed by atoms with E-state index < -0.39 is 0 Å². The lowest BCUT2D eigenvalue weighted by molar-refractivity contribution is 0.300. The number of hydrogen-bond acceptors (Lipinski definition) is 3. The Hall–Kier alpha value is -1.92. The van der Waals surface area contributed by atoms with Gasteiger partial charge in [-0.3, -0.25) is 4.68 Å². The number of aromatic nitrogens is 2. The van der Waals surface area contributed by atoms with Gasteiger partial charge in [-0.1, -0.05) is 43.7 Å². The first-order valence-electron chi connectivity index (χ1n) is 8.96. The van der Waals surface area contributed by atoms with Crippen molar-refractivity contribution in [2.24, 2.45) is 0 Å². The van der Waals surface area contributed by atoms with Gasteiger partial charge in [0.15, 0.2) is 5.11 Å². The molecule has 6 heteroatoms. The van der Waals surface area contributed by atoms with E-state index in [0.717, 1.165) is 44.8 Å². The molecule has 1 aromatic carbocycles. The van der Waals surface area contributed by atoms with Crippen molar-refractivity contribution in [3.63, 3.8) is 0 Å². The van der Waals surface area contributed by atoms with E-state index in [0.29, 0.717) is 5.11 Å². The number of rotatable bonds is 9. The average Bonchev–Trinajstić information content (AvgIpc) is 3.04. The van der Waals surface area contributed by atoms with Gasteiger partial charge in [0.2, 0.25) is 0 Å². The van der Waals surface area contributed by atoms with Gasteiger partial charge in [-0.25, -0.2) is 0 Å². The lowest BCUT2D eigenvalue weighted by Crippen LogP contribution is -2.32. The highest BCUT2D eigenvalue weighted by atomic mass is 32.1. The minimum Gasteiger partial charge on any atom is -0.362 e. The van der Waals surface area contributed by atoms with Crippen molar-refractivity contribution in [1.29, 1.82) is 0 Å². The number of hydrogen-bond donors (Lipinski definition) is 2. The third-order valence-electron chi connectivity index (χ3n) is 4.19. The average molecular weight is 360 g/mol. The largest absolute Gasteiger partial charge is 0.362 e. The maximum absolute atomic E-state index is 5.35. The van der Waals surface area contributed by atoms with Crippen molar-refractivity contribution in [1.82, 2.24) is 20.0 Å². The lowest BCUT2D eigenvalue weighted by Gasteiger charge is -2.18. The van der Waals surface area contributed by atoms with Gasteiger partial charge in [0.25, 0.3) is 0 Å². The molecule has 0 amide bonds. The van der Waals surface area contributed by atoms with Crippen LogP contribution in [0.2, 0.25) is 0 Å². The summed E-state index contributed by atoms with van der Waals surface area (Å²) in [5.41, 5.74) is 3.41. The summed E-state index contributed by atoms with van der Waals surface area (Å²) in [5.74, 6) is 0. The molecule has 0 bridgehead atoms. The Labute approximate surface area is 156 Å². The summed E-state index contributed by atoms with van der Waals surface area (Å²) < 4.78 is 1.91. The molecule has 2 aromatic rings. The second-order valence-corrected chi connectivity index (χ2v) is 6.58. The van der Waals surface area contributed by atoms with Crippen molar-refractivity contribution in [3.8, 4) is 0 Å². The van der Waals surface area contributed by atoms with Crippen molar-refractivity contribution in [3.05, 3.63) is 47.8 Å². The number of nitrogens with one attached hydrogen (secondary N) is 2. The summed E-state index contributed by atoms with van der Waals surface area (Å²) in [4.78, 5) is 2.41. The first-order chi connectivity index (χ1) is 12.1. The SMILES string of the molecule is CCN(CC)CCCNC(=S)Nc1cnn(Cc2ccc(C)cc2)c1. The number of aryl methyl sites for hydroxylation is 1. The summed E-state index contributed by atoms with van der Waals surface area (Å²) >= 11 is 5.35. The van der Waals surface area contributed by atoms with Crippen LogP contribution in [0.3, 0.4) is 0 Å². The van der Waals surface area contributed by atoms with Crippen LogP contribution in [0.5, 0.6) is 0 Å². The number of thiocarbonyl (C=S) groups is 1. The van der Waals surface area contributed by atoms with Crippen LogP contribution in [-0.4, -0.2) is 46.0 Å². The predicted molar refractivity (Wildman–Crippen MR) is 109 cm³/mol. The monoisotopic (exact) mass is 359 g/mol. The van der Waals surface area contributed by atoms with E-state index in [1.165, 1.54) is 11.1 Å². The third-order valence-corrected chi connectivity index (χ3v) is 4.43. The fourth-order valence-electron chi connectivity index (χ4n) is 2.61.